The third-order valence-corrected chi connectivity index (χ3v) is 4.06. The Labute approximate surface area is 151 Å². The summed E-state index contributed by atoms with van der Waals surface area (Å²) >= 11 is 0. The summed E-state index contributed by atoms with van der Waals surface area (Å²) in [5, 5.41) is 32.8. The third-order valence-electron chi connectivity index (χ3n) is 4.06. The fourth-order valence-electron chi connectivity index (χ4n) is 2.61. The number of methoxy groups -OCH3 is 1. The average molecular weight is 361 g/mol. The van der Waals surface area contributed by atoms with E-state index in [0.717, 1.165) is 0 Å². The molecule has 0 bridgehead atoms. The van der Waals surface area contributed by atoms with Gasteiger partial charge >= 0.3 is 0 Å². The van der Waals surface area contributed by atoms with Crippen molar-refractivity contribution in [2.24, 2.45) is 0 Å². The van der Waals surface area contributed by atoms with E-state index < -0.39 is 23.9 Å². The summed E-state index contributed by atoms with van der Waals surface area (Å²) in [4.78, 5) is 24.4. The first kappa shape index (κ1) is 19.7. The van der Waals surface area contributed by atoms with Crippen molar-refractivity contribution >= 4 is 17.8 Å². The number of aromatic hydroxyl groups is 1. The van der Waals surface area contributed by atoms with Crippen molar-refractivity contribution in [2.75, 3.05) is 7.11 Å². The van der Waals surface area contributed by atoms with Crippen molar-refractivity contribution in [3.63, 3.8) is 0 Å². The number of phenols is 1. The van der Waals surface area contributed by atoms with Gasteiger partial charge in [-0.1, -0.05) is 18.2 Å². The normalized spacial score (nSPS) is 27.0. The van der Waals surface area contributed by atoms with Crippen LogP contribution < -0.4 is 10.1 Å². The number of benzene rings is 1. The van der Waals surface area contributed by atoms with Gasteiger partial charge in [0.15, 0.2) is 5.78 Å². The van der Waals surface area contributed by atoms with Gasteiger partial charge in [0.05, 0.1) is 18.8 Å². The summed E-state index contributed by atoms with van der Waals surface area (Å²) in [6.45, 7) is 1.75. The van der Waals surface area contributed by atoms with Gasteiger partial charge in [0.25, 0.3) is 5.91 Å². The summed E-state index contributed by atoms with van der Waals surface area (Å²) in [7, 11) is 1.44. The van der Waals surface area contributed by atoms with Crippen LogP contribution >= 0.6 is 0 Å². The molecule has 0 spiro atoms. The van der Waals surface area contributed by atoms with Gasteiger partial charge < -0.3 is 25.4 Å². The topological polar surface area (TPSA) is 116 Å². The second kappa shape index (κ2) is 8.64. The number of nitrogens with one attached hydrogen (secondary N) is 1. The molecule has 0 saturated heterocycles. The highest BCUT2D eigenvalue weighted by Gasteiger charge is 2.22. The summed E-state index contributed by atoms with van der Waals surface area (Å²) in [6, 6.07) is 2.61. The van der Waals surface area contributed by atoms with Crippen LogP contribution in [0.25, 0.3) is 6.08 Å². The minimum atomic E-state index is -1.53. The maximum absolute atomic E-state index is 12.6. The summed E-state index contributed by atoms with van der Waals surface area (Å²) in [5.74, 6) is -0.922. The number of hydrogen-bond acceptors (Lipinski definition) is 6. The second-order valence-corrected chi connectivity index (χ2v) is 6.18. The minimum absolute atomic E-state index is 0.00379. The van der Waals surface area contributed by atoms with E-state index in [-0.39, 0.29) is 23.8 Å². The molecule has 140 valence electrons. The zero-order valence-corrected chi connectivity index (χ0v) is 14.7. The molecule has 2 rings (SSSR count). The molecule has 7 heteroatoms. The molecule has 0 aliphatic carbocycles. The molecule has 4 N–H and O–H groups in total. The quantitative estimate of drug-likeness (QED) is 0.597. The molecule has 1 aliphatic heterocycles. The fraction of sp³-hybridized carbons (Fsp3) is 0.368. The van der Waals surface area contributed by atoms with Crippen LogP contribution in [-0.2, 0) is 4.79 Å². The van der Waals surface area contributed by atoms with Gasteiger partial charge in [-0.2, -0.15) is 0 Å². The Morgan fingerprint density at radius 1 is 1.12 bits per heavy atom. The maximum Gasteiger partial charge on any atom is 0.255 e. The lowest BCUT2D eigenvalue weighted by Crippen LogP contribution is -2.34. The number of hydrogen-bond donors (Lipinski definition) is 4. The monoisotopic (exact) mass is 361 g/mol. The van der Waals surface area contributed by atoms with Crippen molar-refractivity contribution in [2.45, 2.75) is 38.0 Å². The number of aliphatic hydroxyl groups is 2. The van der Waals surface area contributed by atoms with E-state index in [4.69, 9.17) is 4.74 Å². The highest BCUT2D eigenvalue weighted by molar-refractivity contribution is 6.01. The van der Waals surface area contributed by atoms with Crippen LogP contribution in [0.15, 0.2) is 30.4 Å². The number of ketones is 1. The zero-order valence-electron chi connectivity index (χ0n) is 14.7. The first-order chi connectivity index (χ1) is 12.3. The zero-order chi connectivity index (χ0) is 19.3. The molecule has 2 unspecified atom stereocenters. The van der Waals surface area contributed by atoms with Gasteiger partial charge in [-0.05, 0) is 37.5 Å². The number of phenolic OH excluding ortho intramolecular Hbond substituents is 1. The lowest BCUT2D eigenvalue weighted by Gasteiger charge is -2.17. The van der Waals surface area contributed by atoms with E-state index in [9.17, 15) is 24.9 Å². The number of carbonyl (C=O) groups excluding carboxylic acids is 2. The highest BCUT2D eigenvalue weighted by atomic mass is 16.5. The van der Waals surface area contributed by atoms with Crippen LogP contribution in [0.1, 0.15) is 35.7 Å². The number of aliphatic hydroxyl groups excluding tert-OH is 2. The molecule has 26 heavy (non-hydrogen) atoms. The number of carbonyl (C=O) groups is 2. The third kappa shape index (κ3) is 4.71. The van der Waals surface area contributed by atoms with Crippen LogP contribution in [0.2, 0.25) is 0 Å². The largest absolute Gasteiger partial charge is 0.507 e. The molecule has 0 saturated carbocycles. The van der Waals surface area contributed by atoms with Crippen LogP contribution in [0.3, 0.4) is 0 Å². The summed E-state index contributed by atoms with van der Waals surface area (Å²) in [6.07, 6.45) is 3.32. The fourth-order valence-corrected chi connectivity index (χ4v) is 2.61. The Hall–Kier alpha value is -2.64. The van der Waals surface area contributed by atoms with E-state index in [0.29, 0.717) is 17.7 Å². The van der Waals surface area contributed by atoms with Crippen molar-refractivity contribution in [3.05, 3.63) is 41.5 Å². The van der Waals surface area contributed by atoms with Gasteiger partial charge in [0.1, 0.15) is 17.6 Å². The molecule has 1 aromatic rings. The Morgan fingerprint density at radius 3 is 2.50 bits per heavy atom. The number of fused-ring (bicyclic) bond motifs is 1. The van der Waals surface area contributed by atoms with Crippen LogP contribution in [-0.4, -0.2) is 52.4 Å². The van der Waals surface area contributed by atoms with Crippen LogP contribution in [0, 0.1) is 0 Å². The van der Waals surface area contributed by atoms with Crippen molar-refractivity contribution in [1.82, 2.24) is 5.32 Å². The molecule has 1 aromatic carbocycles. The smallest absolute Gasteiger partial charge is 0.255 e. The SMILES string of the molecule is COc1cc(O)c2c(c1)/C=C/CC(O)C(O)C(=O)/C=C\C[C@H](C)NC2=O. The summed E-state index contributed by atoms with van der Waals surface area (Å²) < 4.78 is 5.11. The molecule has 0 radical (unpaired) electrons. The lowest BCUT2D eigenvalue weighted by molar-refractivity contribution is -0.127. The van der Waals surface area contributed by atoms with Gasteiger partial charge in [-0.3, -0.25) is 9.59 Å². The van der Waals surface area contributed by atoms with Crippen LogP contribution in [0.4, 0.5) is 0 Å². The van der Waals surface area contributed by atoms with Gasteiger partial charge in [0.2, 0.25) is 0 Å². The van der Waals surface area contributed by atoms with Gasteiger partial charge in [0, 0.05) is 12.1 Å². The minimum Gasteiger partial charge on any atom is -0.507 e. The van der Waals surface area contributed by atoms with Crippen LogP contribution in [0.5, 0.6) is 11.5 Å². The first-order valence-corrected chi connectivity index (χ1v) is 8.28. The molecule has 7 nitrogen and oxygen atoms in total. The second-order valence-electron chi connectivity index (χ2n) is 6.18. The van der Waals surface area contributed by atoms with E-state index in [1.165, 1.54) is 37.5 Å². The predicted molar refractivity (Wildman–Crippen MR) is 96.0 cm³/mol. The standard InChI is InChI=1S/C19H23NO6/c1-11-5-3-7-14(21)18(24)15(22)8-4-6-12-9-13(26-2)10-16(23)17(12)19(25)20-11/h3-4,6-7,9-11,15,18,22-24H,5,8H2,1-2H3,(H,20,25)/b6-4+,7-3-/t11-,15?,18?/m0/s1. The van der Waals surface area contributed by atoms with Gasteiger partial charge in [-0.25, -0.2) is 0 Å². The van der Waals surface area contributed by atoms with Crippen molar-refractivity contribution < 1.29 is 29.6 Å². The molecule has 0 fully saturated rings. The number of amides is 1. The van der Waals surface area contributed by atoms with E-state index >= 15 is 0 Å². The molecular weight excluding hydrogens is 338 g/mol. The van der Waals surface area contributed by atoms with E-state index in [1.54, 1.807) is 13.0 Å². The average Bonchev–Trinajstić information content (AvgIpc) is 2.59. The highest BCUT2D eigenvalue weighted by Crippen LogP contribution is 2.29. The first-order valence-electron chi connectivity index (χ1n) is 8.28. The Kier molecular flexibility index (Phi) is 6.54. The predicted octanol–water partition coefficient (Wildman–Crippen LogP) is 1.17. The summed E-state index contributed by atoms with van der Waals surface area (Å²) in [5.41, 5.74) is 0.480. The lowest BCUT2D eigenvalue weighted by atomic mass is 10.0. The van der Waals surface area contributed by atoms with E-state index in [1.807, 2.05) is 0 Å². The molecule has 0 aromatic heterocycles. The molecule has 1 heterocycles. The maximum atomic E-state index is 12.6. The molecule has 3 atom stereocenters. The molecule has 1 amide bonds. The Bertz CT molecular complexity index is 740. The molecular formula is C19H23NO6. The van der Waals surface area contributed by atoms with Crippen molar-refractivity contribution in [3.8, 4) is 11.5 Å². The Morgan fingerprint density at radius 2 is 1.81 bits per heavy atom. The number of ether oxygens (including phenoxy) is 1. The van der Waals surface area contributed by atoms with Gasteiger partial charge in [-0.15, -0.1) is 0 Å². The molecule has 1 aliphatic rings. The van der Waals surface area contributed by atoms with E-state index in [2.05, 4.69) is 5.32 Å². The van der Waals surface area contributed by atoms with Crippen molar-refractivity contribution in [1.29, 1.82) is 0 Å². The Balaban J connectivity index is 2.45. The number of rotatable bonds is 1.